The van der Waals surface area contributed by atoms with Crippen LogP contribution < -0.4 is 11.1 Å². The van der Waals surface area contributed by atoms with Crippen LogP contribution in [0.4, 0.5) is 0 Å². The maximum absolute atomic E-state index is 12.5. The molecule has 1 aromatic heterocycles. The van der Waals surface area contributed by atoms with Crippen LogP contribution in [0.15, 0.2) is 54.7 Å². The molecule has 3 aromatic rings. The van der Waals surface area contributed by atoms with Crippen molar-refractivity contribution >= 4 is 35.0 Å². The van der Waals surface area contributed by atoms with E-state index < -0.39 is 17.9 Å². The van der Waals surface area contributed by atoms with Crippen molar-refractivity contribution in [3.8, 4) is 22.4 Å². The molecule has 0 aliphatic heterocycles. The van der Waals surface area contributed by atoms with Gasteiger partial charge in [-0.25, -0.2) is 0 Å². The molecule has 0 bridgehead atoms. The lowest BCUT2D eigenvalue weighted by atomic mass is 9.94. The highest BCUT2D eigenvalue weighted by Gasteiger charge is 2.21. The Labute approximate surface area is 183 Å². The fourth-order valence-electron chi connectivity index (χ4n) is 2.97. The third kappa shape index (κ3) is 4.62. The molecule has 0 fully saturated rings. The number of carbonyl (C=O) groups is 2. The molecule has 4 N–H and O–H groups in total. The first kappa shape index (κ1) is 21.8. The number of hydrogen-bond donors (Lipinski definition) is 3. The number of amides is 2. The highest BCUT2D eigenvalue weighted by Crippen LogP contribution is 2.38. The summed E-state index contributed by atoms with van der Waals surface area (Å²) >= 11 is 12.9. The van der Waals surface area contributed by atoms with E-state index >= 15 is 0 Å². The molecule has 3 rings (SSSR count). The molecule has 0 spiro atoms. The average molecular weight is 444 g/mol. The first-order valence-corrected chi connectivity index (χ1v) is 9.85. The Kier molecular flexibility index (Phi) is 6.72. The van der Waals surface area contributed by atoms with E-state index in [4.69, 9.17) is 28.9 Å². The molecule has 1 heterocycles. The topological polar surface area (TPSA) is 105 Å². The Morgan fingerprint density at radius 2 is 1.87 bits per heavy atom. The highest BCUT2D eigenvalue weighted by molar-refractivity contribution is 6.37. The number of aliphatic hydroxyl groups is 1. The molecule has 154 valence electrons. The van der Waals surface area contributed by atoms with E-state index in [0.717, 1.165) is 0 Å². The lowest BCUT2D eigenvalue weighted by Crippen LogP contribution is -2.31. The fourth-order valence-corrected chi connectivity index (χ4v) is 3.55. The van der Waals surface area contributed by atoms with Gasteiger partial charge in [-0.15, -0.1) is 0 Å². The summed E-state index contributed by atoms with van der Waals surface area (Å²) in [5.41, 5.74) is 8.05. The zero-order valence-corrected chi connectivity index (χ0v) is 17.5. The standard InChI is InChI=1S/C22H19Cl2N3O3/c1-12(28)11-27-22(30)15-7-6-14(21(25)29)19(20(15)24)13-5-8-17(23)16(10-13)18-4-2-3-9-26-18/h2-10,12,28H,11H2,1H3,(H2,25,29)(H,27,30)/t12-/m1/s1. The summed E-state index contributed by atoms with van der Waals surface area (Å²) in [5.74, 6) is -1.16. The smallest absolute Gasteiger partial charge is 0.252 e. The van der Waals surface area contributed by atoms with Crippen LogP contribution in [-0.2, 0) is 0 Å². The lowest BCUT2D eigenvalue weighted by Gasteiger charge is -2.15. The Morgan fingerprint density at radius 3 is 2.50 bits per heavy atom. The Morgan fingerprint density at radius 1 is 1.13 bits per heavy atom. The van der Waals surface area contributed by atoms with E-state index in [1.165, 1.54) is 12.1 Å². The molecule has 0 saturated heterocycles. The molecule has 6 nitrogen and oxygen atoms in total. The average Bonchev–Trinajstić information content (AvgIpc) is 2.72. The van der Waals surface area contributed by atoms with Crippen LogP contribution in [-0.4, -0.2) is 34.6 Å². The van der Waals surface area contributed by atoms with Crippen LogP contribution in [0.1, 0.15) is 27.6 Å². The molecular weight excluding hydrogens is 425 g/mol. The van der Waals surface area contributed by atoms with Gasteiger partial charge in [0.15, 0.2) is 0 Å². The molecule has 2 amide bonds. The molecule has 0 saturated carbocycles. The van der Waals surface area contributed by atoms with Crippen LogP contribution in [0.3, 0.4) is 0 Å². The van der Waals surface area contributed by atoms with Gasteiger partial charge in [-0.1, -0.05) is 35.3 Å². The zero-order valence-electron chi connectivity index (χ0n) is 16.0. The molecule has 2 aromatic carbocycles. The van der Waals surface area contributed by atoms with Crippen molar-refractivity contribution in [1.29, 1.82) is 0 Å². The minimum absolute atomic E-state index is 0.0623. The summed E-state index contributed by atoms with van der Waals surface area (Å²) in [6.07, 6.45) is 0.932. The monoisotopic (exact) mass is 443 g/mol. The fraction of sp³-hybridized carbons (Fsp3) is 0.136. The first-order valence-electron chi connectivity index (χ1n) is 9.09. The zero-order chi connectivity index (χ0) is 21.8. The first-order chi connectivity index (χ1) is 14.3. The Bertz CT molecular complexity index is 1100. The molecule has 8 heteroatoms. The number of aromatic nitrogens is 1. The Balaban J connectivity index is 2.16. The number of hydrogen-bond acceptors (Lipinski definition) is 4. The molecule has 0 aliphatic rings. The van der Waals surface area contributed by atoms with Crippen molar-refractivity contribution in [1.82, 2.24) is 10.3 Å². The van der Waals surface area contributed by atoms with Gasteiger partial charge in [0.25, 0.3) is 5.91 Å². The number of pyridine rings is 1. The van der Waals surface area contributed by atoms with Crippen LogP contribution >= 0.6 is 23.2 Å². The summed E-state index contributed by atoms with van der Waals surface area (Å²) < 4.78 is 0. The molecule has 0 unspecified atom stereocenters. The van der Waals surface area contributed by atoms with Gasteiger partial charge in [0.2, 0.25) is 5.91 Å². The second-order valence-corrected chi connectivity index (χ2v) is 7.47. The van der Waals surface area contributed by atoms with Gasteiger partial charge in [-0.3, -0.25) is 14.6 Å². The van der Waals surface area contributed by atoms with Crippen molar-refractivity contribution in [2.45, 2.75) is 13.0 Å². The molecule has 1 atom stereocenters. The second-order valence-electron chi connectivity index (χ2n) is 6.68. The van der Waals surface area contributed by atoms with Crippen molar-refractivity contribution in [3.63, 3.8) is 0 Å². The molecule has 0 aliphatic carbocycles. The molecular formula is C22H19Cl2N3O3. The number of benzene rings is 2. The van der Waals surface area contributed by atoms with E-state index in [9.17, 15) is 14.7 Å². The number of nitrogens with zero attached hydrogens (tertiary/aromatic N) is 1. The predicted molar refractivity (Wildman–Crippen MR) is 118 cm³/mol. The van der Waals surface area contributed by atoms with Crippen LogP contribution in [0, 0.1) is 0 Å². The SMILES string of the molecule is C[C@@H](O)CNC(=O)c1ccc(C(N)=O)c(-c2ccc(Cl)c(-c3ccccn3)c2)c1Cl. The van der Waals surface area contributed by atoms with Crippen molar-refractivity contribution in [3.05, 3.63) is 75.9 Å². The number of nitrogens with one attached hydrogen (secondary N) is 1. The van der Waals surface area contributed by atoms with Gasteiger partial charge in [0.1, 0.15) is 0 Å². The van der Waals surface area contributed by atoms with E-state index in [2.05, 4.69) is 10.3 Å². The lowest BCUT2D eigenvalue weighted by molar-refractivity contribution is 0.0923. The molecule has 30 heavy (non-hydrogen) atoms. The summed E-state index contributed by atoms with van der Waals surface area (Å²) in [4.78, 5) is 28.9. The number of halogens is 2. The number of primary amides is 1. The normalized spacial score (nSPS) is 11.7. The third-order valence-corrected chi connectivity index (χ3v) is 5.13. The van der Waals surface area contributed by atoms with Crippen LogP contribution in [0.25, 0.3) is 22.4 Å². The number of rotatable bonds is 6. The Hall–Kier alpha value is -2.93. The maximum atomic E-state index is 12.5. The largest absolute Gasteiger partial charge is 0.392 e. The summed E-state index contributed by atoms with van der Waals surface area (Å²) in [6.45, 7) is 1.61. The maximum Gasteiger partial charge on any atom is 0.252 e. The van der Waals surface area contributed by atoms with Gasteiger partial charge in [0.05, 0.1) is 22.4 Å². The van der Waals surface area contributed by atoms with Crippen LogP contribution in [0.2, 0.25) is 10.0 Å². The van der Waals surface area contributed by atoms with Crippen molar-refractivity contribution in [2.75, 3.05) is 6.54 Å². The van der Waals surface area contributed by atoms with Gasteiger partial charge in [0, 0.05) is 34.5 Å². The van der Waals surface area contributed by atoms with E-state index in [1.807, 2.05) is 12.1 Å². The highest BCUT2D eigenvalue weighted by atomic mass is 35.5. The molecule has 0 radical (unpaired) electrons. The predicted octanol–water partition coefficient (Wildman–Crippen LogP) is 3.93. The number of nitrogens with two attached hydrogens (primary N) is 1. The van der Waals surface area contributed by atoms with Gasteiger partial charge < -0.3 is 16.2 Å². The van der Waals surface area contributed by atoms with Gasteiger partial charge in [-0.05, 0) is 48.9 Å². The van der Waals surface area contributed by atoms with Crippen molar-refractivity contribution < 1.29 is 14.7 Å². The van der Waals surface area contributed by atoms with E-state index in [0.29, 0.717) is 27.4 Å². The summed E-state index contributed by atoms with van der Waals surface area (Å²) in [7, 11) is 0. The minimum atomic E-state index is -0.714. The minimum Gasteiger partial charge on any atom is -0.392 e. The summed E-state index contributed by atoms with van der Waals surface area (Å²) in [6, 6.07) is 13.4. The van der Waals surface area contributed by atoms with Gasteiger partial charge >= 0.3 is 0 Å². The van der Waals surface area contributed by atoms with Crippen molar-refractivity contribution in [2.24, 2.45) is 5.73 Å². The van der Waals surface area contributed by atoms with Gasteiger partial charge in [-0.2, -0.15) is 0 Å². The summed E-state index contributed by atoms with van der Waals surface area (Å²) in [5, 5.41) is 12.5. The quantitative estimate of drug-likeness (QED) is 0.536. The second kappa shape index (κ2) is 9.26. The number of carbonyl (C=O) groups excluding carboxylic acids is 2. The number of aliphatic hydroxyl groups excluding tert-OH is 1. The van der Waals surface area contributed by atoms with E-state index in [-0.39, 0.29) is 22.7 Å². The van der Waals surface area contributed by atoms with E-state index in [1.54, 1.807) is 37.4 Å². The van der Waals surface area contributed by atoms with Crippen LogP contribution in [0.5, 0.6) is 0 Å². The third-order valence-electron chi connectivity index (χ3n) is 4.41.